The lowest BCUT2D eigenvalue weighted by molar-refractivity contribution is -0.0418. The molecule has 0 aliphatic rings. The van der Waals surface area contributed by atoms with Crippen molar-refractivity contribution >= 4 is 0 Å². The molecule has 3 aromatic rings. The minimum atomic E-state index is -0.482. The normalized spacial score (nSPS) is 12.6. The highest BCUT2D eigenvalue weighted by Gasteiger charge is 2.36. The Morgan fingerprint density at radius 1 is 0.667 bits per heavy atom. The molecule has 30 heavy (non-hydrogen) atoms. The number of aliphatic hydroxyl groups excluding tert-OH is 2. The summed E-state index contributed by atoms with van der Waals surface area (Å²) < 4.78 is 11.9. The highest BCUT2D eigenvalue weighted by atomic mass is 16.5. The van der Waals surface area contributed by atoms with Crippen LogP contribution in [0.15, 0.2) is 91.0 Å². The molecule has 0 radical (unpaired) electrons. The average Bonchev–Trinajstić information content (AvgIpc) is 2.82. The molecule has 0 spiro atoms. The van der Waals surface area contributed by atoms with Gasteiger partial charge in [0.25, 0.3) is 0 Å². The Hall–Kier alpha value is -2.50. The molecule has 0 heterocycles. The van der Waals surface area contributed by atoms with Gasteiger partial charge in [0.2, 0.25) is 0 Å². The van der Waals surface area contributed by atoms with Crippen molar-refractivity contribution in [2.24, 2.45) is 0 Å². The average molecular weight is 407 g/mol. The third-order valence-electron chi connectivity index (χ3n) is 5.32. The van der Waals surface area contributed by atoms with Gasteiger partial charge in [0, 0.05) is 6.61 Å². The lowest BCUT2D eigenvalue weighted by atomic mass is 9.70. The van der Waals surface area contributed by atoms with E-state index in [2.05, 4.69) is 72.8 Å². The quantitative estimate of drug-likeness (QED) is 0.449. The maximum absolute atomic E-state index is 9.33. The van der Waals surface area contributed by atoms with Crippen LogP contribution in [-0.2, 0) is 14.9 Å². The van der Waals surface area contributed by atoms with Gasteiger partial charge in [-0.1, -0.05) is 91.0 Å². The van der Waals surface area contributed by atoms with Gasteiger partial charge in [-0.3, -0.25) is 0 Å². The van der Waals surface area contributed by atoms with Crippen molar-refractivity contribution in [3.8, 4) is 0 Å². The first kappa shape index (κ1) is 22.2. The Bertz CT molecular complexity index is 740. The zero-order chi connectivity index (χ0) is 21.1. The Morgan fingerprint density at radius 2 is 1.13 bits per heavy atom. The van der Waals surface area contributed by atoms with Crippen molar-refractivity contribution in [2.75, 3.05) is 33.0 Å². The van der Waals surface area contributed by atoms with E-state index in [1.54, 1.807) is 0 Å². The second-order valence-electron chi connectivity index (χ2n) is 7.25. The van der Waals surface area contributed by atoms with E-state index in [0.717, 1.165) is 16.7 Å². The standard InChI is InChI=1S/C26H30O4/c27-17-16-25(30-19-18-28)20-29-21-26(22-10-4-1-5-11-22,23-12-6-2-7-13-23)24-14-8-3-9-15-24/h1-15,25,27-28H,16-21H2. The molecule has 0 aliphatic heterocycles. The summed E-state index contributed by atoms with van der Waals surface area (Å²) in [5.41, 5.74) is 2.97. The zero-order valence-electron chi connectivity index (χ0n) is 17.2. The molecule has 0 aromatic heterocycles. The van der Waals surface area contributed by atoms with Crippen molar-refractivity contribution in [2.45, 2.75) is 17.9 Å². The van der Waals surface area contributed by atoms with E-state index in [1.165, 1.54) is 0 Å². The van der Waals surface area contributed by atoms with Crippen LogP contribution in [0.4, 0.5) is 0 Å². The van der Waals surface area contributed by atoms with E-state index < -0.39 is 5.41 Å². The summed E-state index contributed by atoms with van der Waals surface area (Å²) >= 11 is 0. The fourth-order valence-electron chi connectivity index (χ4n) is 3.84. The first-order valence-electron chi connectivity index (χ1n) is 10.4. The Kier molecular flexibility index (Phi) is 8.60. The summed E-state index contributed by atoms with van der Waals surface area (Å²) in [4.78, 5) is 0. The van der Waals surface area contributed by atoms with Gasteiger partial charge < -0.3 is 19.7 Å². The molecule has 0 saturated carbocycles. The van der Waals surface area contributed by atoms with Crippen LogP contribution in [0.5, 0.6) is 0 Å². The van der Waals surface area contributed by atoms with E-state index in [1.807, 2.05) is 18.2 Å². The van der Waals surface area contributed by atoms with E-state index in [9.17, 15) is 5.11 Å². The molecule has 0 fully saturated rings. The molecule has 0 saturated heterocycles. The van der Waals surface area contributed by atoms with Gasteiger partial charge >= 0.3 is 0 Å². The fourth-order valence-corrected chi connectivity index (χ4v) is 3.84. The predicted octanol–water partition coefficient (Wildman–Crippen LogP) is 3.80. The van der Waals surface area contributed by atoms with Gasteiger partial charge in [0.1, 0.15) is 0 Å². The third kappa shape index (κ3) is 5.35. The summed E-state index contributed by atoms with van der Waals surface area (Å²) in [7, 11) is 0. The largest absolute Gasteiger partial charge is 0.396 e. The van der Waals surface area contributed by atoms with Gasteiger partial charge in [-0.05, 0) is 23.1 Å². The zero-order valence-corrected chi connectivity index (χ0v) is 17.2. The Balaban J connectivity index is 1.97. The van der Waals surface area contributed by atoms with Crippen LogP contribution in [0.2, 0.25) is 0 Å². The fraction of sp³-hybridized carbons (Fsp3) is 0.308. The van der Waals surface area contributed by atoms with Crippen molar-refractivity contribution in [1.29, 1.82) is 0 Å². The molecular formula is C26H30O4. The van der Waals surface area contributed by atoms with E-state index >= 15 is 0 Å². The molecule has 158 valence electrons. The summed E-state index contributed by atoms with van der Waals surface area (Å²) in [6.45, 7) is 0.962. The first-order chi connectivity index (χ1) is 14.8. The molecule has 0 aliphatic carbocycles. The van der Waals surface area contributed by atoms with Crippen molar-refractivity contribution in [1.82, 2.24) is 0 Å². The van der Waals surface area contributed by atoms with Crippen molar-refractivity contribution in [3.63, 3.8) is 0 Å². The molecular weight excluding hydrogens is 376 g/mol. The van der Waals surface area contributed by atoms with E-state index in [4.69, 9.17) is 14.6 Å². The summed E-state index contributed by atoms with van der Waals surface area (Å²) in [5.74, 6) is 0. The topological polar surface area (TPSA) is 58.9 Å². The van der Waals surface area contributed by atoms with Gasteiger partial charge in [0.05, 0.1) is 37.9 Å². The summed E-state index contributed by atoms with van der Waals surface area (Å²) in [6.07, 6.45) is 0.205. The molecule has 3 rings (SSSR count). The molecule has 0 amide bonds. The number of rotatable bonds is 12. The van der Waals surface area contributed by atoms with Crippen molar-refractivity contribution in [3.05, 3.63) is 108 Å². The van der Waals surface area contributed by atoms with Gasteiger partial charge in [-0.25, -0.2) is 0 Å². The lowest BCUT2D eigenvalue weighted by Crippen LogP contribution is -2.36. The van der Waals surface area contributed by atoms with E-state index in [0.29, 0.717) is 19.6 Å². The van der Waals surface area contributed by atoms with Crippen LogP contribution < -0.4 is 0 Å². The first-order valence-corrected chi connectivity index (χ1v) is 10.4. The second-order valence-corrected chi connectivity index (χ2v) is 7.25. The monoisotopic (exact) mass is 406 g/mol. The second kappa shape index (κ2) is 11.6. The van der Waals surface area contributed by atoms with Crippen LogP contribution >= 0.6 is 0 Å². The Morgan fingerprint density at radius 3 is 1.53 bits per heavy atom. The number of benzene rings is 3. The highest BCUT2D eigenvalue weighted by molar-refractivity contribution is 5.50. The smallest absolute Gasteiger partial charge is 0.0831 e. The van der Waals surface area contributed by atoms with Gasteiger partial charge in [-0.2, -0.15) is 0 Å². The predicted molar refractivity (Wildman–Crippen MR) is 119 cm³/mol. The molecule has 4 nitrogen and oxygen atoms in total. The van der Waals surface area contributed by atoms with Gasteiger partial charge in [-0.15, -0.1) is 0 Å². The number of aliphatic hydroxyl groups is 2. The maximum Gasteiger partial charge on any atom is 0.0831 e. The minimum absolute atomic E-state index is 0.0145. The number of hydrogen-bond donors (Lipinski definition) is 2. The van der Waals surface area contributed by atoms with Crippen LogP contribution in [-0.4, -0.2) is 49.4 Å². The van der Waals surface area contributed by atoms with Crippen LogP contribution in [0, 0.1) is 0 Å². The molecule has 1 atom stereocenters. The van der Waals surface area contributed by atoms with Crippen molar-refractivity contribution < 1.29 is 19.7 Å². The highest BCUT2D eigenvalue weighted by Crippen LogP contribution is 2.39. The van der Waals surface area contributed by atoms with Crippen LogP contribution in [0.1, 0.15) is 23.1 Å². The summed E-state index contributed by atoms with van der Waals surface area (Å²) in [5, 5.41) is 18.4. The van der Waals surface area contributed by atoms with Gasteiger partial charge in [0.15, 0.2) is 0 Å². The van der Waals surface area contributed by atoms with Crippen LogP contribution in [0.3, 0.4) is 0 Å². The number of ether oxygens (including phenoxy) is 2. The third-order valence-corrected chi connectivity index (χ3v) is 5.32. The SMILES string of the molecule is OCCOC(CCO)COCC(c1ccccc1)(c1ccccc1)c1ccccc1. The maximum atomic E-state index is 9.33. The van der Waals surface area contributed by atoms with Crippen LogP contribution in [0.25, 0.3) is 0 Å². The molecule has 0 bridgehead atoms. The van der Waals surface area contributed by atoms with E-state index in [-0.39, 0.29) is 25.9 Å². The molecule has 4 heteroatoms. The molecule has 2 N–H and O–H groups in total. The molecule has 3 aromatic carbocycles. The number of hydrogen-bond acceptors (Lipinski definition) is 4. The minimum Gasteiger partial charge on any atom is -0.396 e. The Labute approximate surface area is 178 Å². The summed E-state index contributed by atoms with van der Waals surface area (Å²) in [6, 6.07) is 31.2. The molecule has 1 unspecified atom stereocenters. The lowest BCUT2D eigenvalue weighted by Gasteiger charge is -2.36.